The van der Waals surface area contributed by atoms with Crippen LogP contribution in [0, 0.1) is 0 Å². The molecular formula is C24H30N2O5. The quantitative estimate of drug-likeness (QED) is 0.543. The average molecular weight is 427 g/mol. The molecule has 0 saturated carbocycles. The van der Waals surface area contributed by atoms with Crippen LogP contribution in [0.3, 0.4) is 0 Å². The van der Waals surface area contributed by atoms with Crippen molar-refractivity contribution in [3.63, 3.8) is 0 Å². The number of hydrogen-bond donors (Lipinski definition) is 0. The Morgan fingerprint density at radius 1 is 1.03 bits per heavy atom. The molecule has 0 unspecified atom stereocenters. The molecule has 2 aromatic rings. The molecule has 3 rings (SSSR count). The van der Waals surface area contributed by atoms with Gasteiger partial charge < -0.3 is 14.2 Å². The van der Waals surface area contributed by atoms with Crippen molar-refractivity contribution in [1.29, 1.82) is 0 Å². The van der Waals surface area contributed by atoms with Crippen LogP contribution in [0.4, 0.5) is 5.69 Å². The maximum Gasteiger partial charge on any atom is 0.251 e. The molecule has 1 saturated heterocycles. The molecule has 7 heteroatoms. The summed E-state index contributed by atoms with van der Waals surface area (Å²) in [5.74, 6) is 1.70. The summed E-state index contributed by atoms with van der Waals surface area (Å²) < 4.78 is 16.2. The van der Waals surface area contributed by atoms with Gasteiger partial charge in [-0.3, -0.25) is 14.5 Å². The molecule has 2 aromatic carbocycles. The maximum absolute atomic E-state index is 13.0. The van der Waals surface area contributed by atoms with Crippen LogP contribution in [0.25, 0.3) is 0 Å². The van der Waals surface area contributed by atoms with Crippen LogP contribution in [0.15, 0.2) is 42.5 Å². The molecule has 1 aliphatic rings. The number of amides is 2. The van der Waals surface area contributed by atoms with E-state index >= 15 is 0 Å². The van der Waals surface area contributed by atoms with Gasteiger partial charge in [0.2, 0.25) is 5.91 Å². The Balaban J connectivity index is 1.63. The van der Waals surface area contributed by atoms with Crippen molar-refractivity contribution < 1.29 is 23.8 Å². The SMILES string of the molecule is CCCOc1ccc(N2C(=O)C[C@@H](N(C)CCc3ccc(OC)c(OC)c3)C2=O)cc1. The number of benzene rings is 2. The summed E-state index contributed by atoms with van der Waals surface area (Å²) in [5, 5.41) is 0. The summed E-state index contributed by atoms with van der Waals surface area (Å²) in [4.78, 5) is 28.8. The minimum Gasteiger partial charge on any atom is -0.494 e. The van der Waals surface area contributed by atoms with Crippen LogP contribution in [0.5, 0.6) is 17.2 Å². The zero-order valence-electron chi connectivity index (χ0n) is 18.6. The van der Waals surface area contributed by atoms with E-state index in [0.29, 0.717) is 30.3 Å². The van der Waals surface area contributed by atoms with Crippen LogP contribution in [-0.2, 0) is 16.0 Å². The molecule has 0 radical (unpaired) electrons. The van der Waals surface area contributed by atoms with Crippen molar-refractivity contribution in [3.05, 3.63) is 48.0 Å². The second kappa shape index (κ2) is 10.3. The van der Waals surface area contributed by atoms with E-state index in [1.54, 1.807) is 38.5 Å². The lowest BCUT2D eigenvalue weighted by Gasteiger charge is -2.23. The zero-order valence-corrected chi connectivity index (χ0v) is 18.6. The van der Waals surface area contributed by atoms with Gasteiger partial charge in [-0.2, -0.15) is 0 Å². The molecule has 0 spiro atoms. The lowest BCUT2D eigenvalue weighted by Crippen LogP contribution is -2.40. The molecule has 0 N–H and O–H groups in total. The van der Waals surface area contributed by atoms with E-state index in [2.05, 4.69) is 0 Å². The van der Waals surface area contributed by atoms with Crippen molar-refractivity contribution >= 4 is 17.5 Å². The molecule has 0 aliphatic carbocycles. The molecule has 166 valence electrons. The van der Waals surface area contributed by atoms with Crippen LogP contribution >= 0.6 is 0 Å². The summed E-state index contributed by atoms with van der Waals surface area (Å²) in [7, 11) is 5.08. The normalized spacial score (nSPS) is 16.2. The number of ether oxygens (including phenoxy) is 3. The number of nitrogens with zero attached hydrogens (tertiary/aromatic N) is 2. The smallest absolute Gasteiger partial charge is 0.251 e. The summed E-state index contributed by atoms with van der Waals surface area (Å²) in [6.45, 7) is 3.31. The van der Waals surface area contributed by atoms with E-state index in [1.807, 2.05) is 37.1 Å². The Hall–Kier alpha value is -3.06. The topological polar surface area (TPSA) is 68.3 Å². The first-order valence-electron chi connectivity index (χ1n) is 10.5. The monoisotopic (exact) mass is 426 g/mol. The third-order valence-electron chi connectivity index (χ3n) is 5.42. The Morgan fingerprint density at radius 3 is 2.39 bits per heavy atom. The van der Waals surface area contributed by atoms with E-state index in [4.69, 9.17) is 14.2 Å². The first-order chi connectivity index (χ1) is 15.0. The molecule has 1 atom stereocenters. The summed E-state index contributed by atoms with van der Waals surface area (Å²) in [5.41, 5.74) is 1.65. The van der Waals surface area contributed by atoms with Gasteiger partial charge >= 0.3 is 0 Å². The molecule has 7 nitrogen and oxygen atoms in total. The van der Waals surface area contributed by atoms with Crippen LogP contribution in [0.1, 0.15) is 25.3 Å². The van der Waals surface area contributed by atoms with E-state index in [9.17, 15) is 9.59 Å². The predicted octanol–water partition coefficient (Wildman–Crippen LogP) is 3.30. The number of imide groups is 1. The Kier molecular flexibility index (Phi) is 7.52. The highest BCUT2D eigenvalue weighted by molar-refractivity contribution is 6.22. The largest absolute Gasteiger partial charge is 0.494 e. The van der Waals surface area contributed by atoms with E-state index in [-0.39, 0.29) is 18.2 Å². The van der Waals surface area contributed by atoms with Crippen molar-refractivity contribution in [2.24, 2.45) is 0 Å². The van der Waals surface area contributed by atoms with Gasteiger partial charge in [-0.1, -0.05) is 13.0 Å². The van der Waals surface area contributed by atoms with Gasteiger partial charge in [-0.25, -0.2) is 4.90 Å². The minimum atomic E-state index is -0.469. The van der Waals surface area contributed by atoms with Gasteiger partial charge in [0.25, 0.3) is 5.91 Å². The minimum absolute atomic E-state index is 0.176. The highest BCUT2D eigenvalue weighted by atomic mass is 16.5. The molecule has 0 bridgehead atoms. The molecule has 1 fully saturated rings. The third-order valence-corrected chi connectivity index (χ3v) is 5.42. The Bertz CT molecular complexity index is 913. The van der Waals surface area contributed by atoms with Gasteiger partial charge in [0.1, 0.15) is 5.75 Å². The Labute approximate surface area is 183 Å². The highest BCUT2D eigenvalue weighted by Gasteiger charge is 2.41. The number of hydrogen-bond acceptors (Lipinski definition) is 6. The molecule has 31 heavy (non-hydrogen) atoms. The van der Waals surface area contributed by atoms with Crippen molar-refractivity contribution in [2.75, 3.05) is 39.3 Å². The first-order valence-corrected chi connectivity index (χ1v) is 10.5. The van der Waals surface area contributed by atoms with Crippen LogP contribution in [0.2, 0.25) is 0 Å². The second-order valence-corrected chi connectivity index (χ2v) is 7.55. The van der Waals surface area contributed by atoms with Crippen molar-refractivity contribution in [3.8, 4) is 17.2 Å². The fraction of sp³-hybridized carbons (Fsp3) is 0.417. The molecule has 0 aromatic heterocycles. The number of likely N-dealkylation sites (N-methyl/N-ethyl adjacent to an activating group) is 1. The van der Waals surface area contributed by atoms with Gasteiger partial charge in [0.05, 0.1) is 39.0 Å². The number of anilines is 1. The molecule has 1 aliphatic heterocycles. The summed E-state index contributed by atoms with van der Waals surface area (Å²) >= 11 is 0. The molecular weight excluding hydrogens is 396 g/mol. The number of rotatable bonds is 10. The zero-order chi connectivity index (χ0) is 22.4. The Morgan fingerprint density at radius 2 is 1.74 bits per heavy atom. The average Bonchev–Trinajstić information content (AvgIpc) is 3.10. The van der Waals surface area contributed by atoms with Gasteiger partial charge in [-0.15, -0.1) is 0 Å². The number of methoxy groups -OCH3 is 2. The third kappa shape index (κ3) is 5.17. The van der Waals surface area contributed by atoms with E-state index < -0.39 is 6.04 Å². The standard InChI is InChI=1S/C24H30N2O5/c1-5-14-31-19-9-7-18(8-10-19)26-23(27)16-20(24(26)28)25(2)13-12-17-6-11-21(29-3)22(15-17)30-4/h6-11,15,20H,5,12-14,16H2,1-4H3/t20-/m1/s1. The lowest BCUT2D eigenvalue weighted by atomic mass is 10.1. The fourth-order valence-corrected chi connectivity index (χ4v) is 3.64. The van der Waals surface area contributed by atoms with Gasteiger partial charge in [-0.05, 0) is 61.9 Å². The molecule has 2 amide bonds. The van der Waals surface area contributed by atoms with Gasteiger partial charge in [0, 0.05) is 6.54 Å². The first kappa shape index (κ1) is 22.6. The second-order valence-electron chi connectivity index (χ2n) is 7.55. The van der Waals surface area contributed by atoms with Crippen LogP contribution in [-0.4, -0.2) is 57.2 Å². The predicted molar refractivity (Wildman–Crippen MR) is 119 cm³/mol. The van der Waals surface area contributed by atoms with Crippen molar-refractivity contribution in [1.82, 2.24) is 4.90 Å². The van der Waals surface area contributed by atoms with E-state index in [1.165, 1.54) is 4.90 Å². The molecule has 1 heterocycles. The summed E-state index contributed by atoms with van der Waals surface area (Å²) in [6, 6.07) is 12.4. The van der Waals surface area contributed by atoms with E-state index in [0.717, 1.165) is 24.2 Å². The lowest BCUT2D eigenvalue weighted by molar-refractivity contribution is -0.122. The van der Waals surface area contributed by atoms with Gasteiger partial charge in [0.15, 0.2) is 11.5 Å². The highest BCUT2D eigenvalue weighted by Crippen LogP contribution is 2.29. The van der Waals surface area contributed by atoms with Crippen LogP contribution < -0.4 is 19.1 Å². The number of carbonyl (C=O) groups is 2. The number of carbonyl (C=O) groups excluding carboxylic acids is 2. The maximum atomic E-state index is 13.0. The summed E-state index contributed by atoms with van der Waals surface area (Å²) in [6.07, 6.45) is 1.82. The van der Waals surface area contributed by atoms with Crippen molar-refractivity contribution in [2.45, 2.75) is 32.2 Å². The fourth-order valence-electron chi connectivity index (χ4n) is 3.64.